The van der Waals surface area contributed by atoms with Gasteiger partial charge in [-0.25, -0.2) is 0 Å². The zero-order chi connectivity index (χ0) is 14.9. The summed E-state index contributed by atoms with van der Waals surface area (Å²) in [5.74, 6) is 0. The first-order valence-corrected chi connectivity index (χ1v) is 7.50. The summed E-state index contributed by atoms with van der Waals surface area (Å²) in [4.78, 5) is 0. The Morgan fingerprint density at radius 3 is 1.55 bits per heavy atom. The highest BCUT2D eigenvalue weighted by atomic mass is 14.1. The van der Waals surface area contributed by atoms with E-state index in [1.807, 2.05) is 6.07 Å². The lowest BCUT2D eigenvalue weighted by atomic mass is 9.97. The van der Waals surface area contributed by atoms with Crippen molar-refractivity contribution in [1.29, 1.82) is 0 Å². The van der Waals surface area contributed by atoms with Crippen molar-refractivity contribution >= 4 is 34.2 Å². The average Bonchev–Trinajstić information content (AvgIpc) is 2.59. The third-order valence-corrected chi connectivity index (χ3v) is 4.20. The molecule has 0 amide bonds. The van der Waals surface area contributed by atoms with Gasteiger partial charge in [-0.15, -0.1) is 0 Å². The third kappa shape index (κ3) is 2.01. The Hall–Kier alpha value is -2.86. The summed E-state index contributed by atoms with van der Waals surface area (Å²) in [6.07, 6.45) is 2.27. The molecular formula is C22H16. The second kappa shape index (κ2) is 5.16. The maximum absolute atomic E-state index is 4.31. The Morgan fingerprint density at radius 2 is 1.00 bits per heavy atom. The Morgan fingerprint density at radius 1 is 0.545 bits per heavy atom. The predicted molar refractivity (Wildman–Crippen MR) is 96.2 cm³/mol. The van der Waals surface area contributed by atoms with Crippen LogP contribution in [0.2, 0.25) is 0 Å². The minimum absolute atomic E-state index is 1.11. The van der Waals surface area contributed by atoms with Crippen LogP contribution in [-0.4, -0.2) is 0 Å². The molecule has 0 aromatic heterocycles. The lowest BCUT2D eigenvalue weighted by Crippen LogP contribution is -2.13. The molecular weight excluding hydrogens is 264 g/mol. The van der Waals surface area contributed by atoms with Gasteiger partial charge in [-0.1, -0.05) is 85.4 Å². The normalized spacial score (nSPS) is 10.9. The minimum Gasteiger partial charge on any atom is -0.0905 e. The molecule has 104 valence electrons. The summed E-state index contributed by atoms with van der Waals surface area (Å²) >= 11 is 0. The van der Waals surface area contributed by atoms with Gasteiger partial charge < -0.3 is 0 Å². The number of benzene rings is 4. The molecule has 0 saturated heterocycles. The van der Waals surface area contributed by atoms with Gasteiger partial charge in [-0.05, 0) is 43.6 Å². The molecule has 0 unspecified atom stereocenters. The monoisotopic (exact) mass is 280 g/mol. The van der Waals surface area contributed by atoms with Crippen molar-refractivity contribution in [1.82, 2.24) is 0 Å². The number of fused-ring (bicyclic) bond motifs is 2. The van der Waals surface area contributed by atoms with Crippen molar-refractivity contribution in [2.75, 3.05) is 0 Å². The highest BCUT2D eigenvalue weighted by Gasteiger charge is 2.03. The van der Waals surface area contributed by atoms with E-state index in [0.717, 1.165) is 5.22 Å². The molecule has 0 aliphatic carbocycles. The van der Waals surface area contributed by atoms with Crippen LogP contribution in [0.1, 0.15) is 5.56 Å². The second-order valence-electron chi connectivity index (χ2n) is 5.54. The maximum atomic E-state index is 4.31. The van der Waals surface area contributed by atoms with Crippen LogP contribution in [0.4, 0.5) is 0 Å². The Balaban J connectivity index is 2.27. The van der Waals surface area contributed by atoms with E-state index in [0.29, 0.717) is 0 Å². The first kappa shape index (κ1) is 12.8. The molecule has 0 heterocycles. The van der Waals surface area contributed by atoms with Crippen molar-refractivity contribution in [2.24, 2.45) is 0 Å². The highest BCUT2D eigenvalue weighted by Crippen LogP contribution is 2.14. The number of hydrogen-bond acceptors (Lipinski definition) is 0. The van der Waals surface area contributed by atoms with Gasteiger partial charge in [0.25, 0.3) is 0 Å². The zero-order valence-electron chi connectivity index (χ0n) is 12.3. The van der Waals surface area contributed by atoms with Crippen molar-refractivity contribution in [2.45, 2.75) is 0 Å². The van der Waals surface area contributed by atoms with Crippen LogP contribution in [0.5, 0.6) is 0 Å². The largest absolute Gasteiger partial charge is 0.0905 e. The van der Waals surface area contributed by atoms with Crippen LogP contribution in [0.25, 0.3) is 34.2 Å². The Kier molecular flexibility index (Phi) is 3.01. The summed E-state index contributed by atoms with van der Waals surface area (Å²) in [5, 5.41) is 7.35. The van der Waals surface area contributed by atoms with Crippen LogP contribution >= 0.6 is 0 Å². The number of rotatable bonds is 1. The van der Waals surface area contributed by atoms with Gasteiger partial charge in [0.05, 0.1) is 0 Å². The van der Waals surface area contributed by atoms with E-state index in [-0.39, 0.29) is 0 Å². The van der Waals surface area contributed by atoms with Gasteiger partial charge in [0.1, 0.15) is 0 Å². The van der Waals surface area contributed by atoms with Gasteiger partial charge in [-0.2, -0.15) is 0 Å². The van der Waals surface area contributed by atoms with Gasteiger partial charge in [0, 0.05) is 0 Å². The third-order valence-electron chi connectivity index (χ3n) is 4.20. The van der Waals surface area contributed by atoms with Crippen LogP contribution in [0.15, 0.2) is 78.9 Å². The molecule has 0 heteroatoms. The van der Waals surface area contributed by atoms with Crippen LogP contribution in [0, 0.1) is 0 Å². The molecule has 0 spiro atoms. The molecule has 0 fully saturated rings. The van der Waals surface area contributed by atoms with Crippen LogP contribution < -0.4 is 10.4 Å². The average molecular weight is 280 g/mol. The molecule has 0 aliphatic rings. The lowest BCUT2D eigenvalue weighted by Gasteiger charge is -2.07. The molecule has 0 nitrogen and oxygen atoms in total. The highest BCUT2D eigenvalue weighted by molar-refractivity contribution is 6.00. The fourth-order valence-corrected chi connectivity index (χ4v) is 3.12. The summed E-state index contributed by atoms with van der Waals surface area (Å²) in [7, 11) is 0. The van der Waals surface area contributed by atoms with E-state index in [1.165, 1.54) is 32.3 Å². The molecule has 0 bridgehead atoms. The van der Waals surface area contributed by atoms with E-state index >= 15 is 0 Å². The molecule has 0 aliphatic heterocycles. The molecule has 0 N–H and O–H groups in total. The van der Waals surface area contributed by atoms with Crippen molar-refractivity contribution in [3.63, 3.8) is 0 Å². The van der Waals surface area contributed by atoms with E-state index in [9.17, 15) is 0 Å². The van der Waals surface area contributed by atoms with Crippen molar-refractivity contribution < 1.29 is 0 Å². The fourth-order valence-electron chi connectivity index (χ4n) is 3.12. The van der Waals surface area contributed by atoms with Gasteiger partial charge in [-0.3, -0.25) is 0 Å². The maximum Gasteiger partial charge on any atom is -0.00930 e. The minimum atomic E-state index is 1.11. The quantitative estimate of drug-likeness (QED) is 0.458. The lowest BCUT2D eigenvalue weighted by molar-refractivity contribution is 1.63. The zero-order valence-corrected chi connectivity index (χ0v) is 12.3. The standard InChI is InChI=1S/C22H16/c1-16-18-11-5-7-13-20(18)22(15-17-9-3-2-4-10-17)21-14-8-6-12-19(16)21/h2-15H,1H2. The van der Waals surface area contributed by atoms with E-state index in [2.05, 4.69) is 85.5 Å². The fraction of sp³-hybridized carbons (Fsp3) is 0. The molecule has 4 aromatic rings. The van der Waals surface area contributed by atoms with Crippen LogP contribution in [0.3, 0.4) is 0 Å². The Labute approximate surface area is 129 Å². The van der Waals surface area contributed by atoms with Crippen molar-refractivity contribution in [3.8, 4) is 0 Å². The summed E-state index contributed by atoms with van der Waals surface area (Å²) in [6.45, 7) is 4.31. The van der Waals surface area contributed by atoms with E-state index in [1.54, 1.807) is 0 Å². The number of hydrogen-bond donors (Lipinski definition) is 0. The summed E-state index contributed by atoms with van der Waals surface area (Å²) in [6, 6.07) is 27.5. The van der Waals surface area contributed by atoms with E-state index < -0.39 is 0 Å². The molecule has 0 saturated carbocycles. The van der Waals surface area contributed by atoms with Gasteiger partial charge >= 0.3 is 0 Å². The topological polar surface area (TPSA) is 0 Å². The summed E-state index contributed by atoms with van der Waals surface area (Å²) in [5.41, 5.74) is 1.22. The van der Waals surface area contributed by atoms with Crippen LogP contribution in [-0.2, 0) is 0 Å². The van der Waals surface area contributed by atoms with Gasteiger partial charge in [0.2, 0.25) is 0 Å². The second-order valence-corrected chi connectivity index (χ2v) is 5.54. The first-order valence-electron chi connectivity index (χ1n) is 7.50. The first-order chi connectivity index (χ1) is 10.8. The molecule has 22 heavy (non-hydrogen) atoms. The molecule has 4 aromatic carbocycles. The molecule has 4 rings (SSSR count). The molecule has 0 radical (unpaired) electrons. The smallest absolute Gasteiger partial charge is 0.00930 e. The molecule has 0 atom stereocenters. The van der Waals surface area contributed by atoms with E-state index in [4.69, 9.17) is 0 Å². The Bertz CT molecular complexity index is 1010. The summed E-state index contributed by atoms with van der Waals surface area (Å²) < 4.78 is 0. The SMILES string of the molecule is C=c1c2ccccc2c(=Cc2ccccc2)c2ccccc12. The predicted octanol–water partition coefficient (Wildman–Crippen LogP) is 4.23. The van der Waals surface area contributed by atoms with Gasteiger partial charge in [0.15, 0.2) is 0 Å². The van der Waals surface area contributed by atoms with Crippen molar-refractivity contribution in [3.05, 3.63) is 94.9 Å².